The van der Waals surface area contributed by atoms with E-state index in [0.717, 1.165) is 31.7 Å². The average molecular weight is 219 g/mol. The van der Waals surface area contributed by atoms with Crippen LogP contribution in [0.25, 0.3) is 0 Å². The Morgan fingerprint density at radius 3 is 3.12 bits per heavy atom. The molecule has 0 saturated carbocycles. The number of ether oxygens (including phenoxy) is 1. The Hall–Kier alpha value is -1.16. The van der Waals surface area contributed by atoms with E-state index in [9.17, 15) is 0 Å². The predicted octanol–water partition coefficient (Wildman–Crippen LogP) is 1.55. The fraction of sp³-hybridized carbons (Fsp3) is 0.667. The van der Waals surface area contributed by atoms with Gasteiger partial charge in [-0.15, -0.1) is 0 Å². The first-order chi connectivity index (χ1) is 7.84. The summed E-state index contributed by atoms with van der Waals surface area (Å²) < 4.78 is 5.55. The molecule has 2 aliphatic rings. The standard InChI is InChI=1S/C12H17N3O/c1-8-10(5-6-16-8)15-12-9-3-2-4-11(9)13-7-14-12/h7-8,10H,2-6H2,1H3,(H,13,14,15). The summed E-state index contributed by atoms with van der Waals surface area (Å²) in [6, 6.07) is 0.402. The SMILES string of the molecule is CC1OCCC1Nc1ncnc2c1CCC2. The molecule has 16 heavy (non-hydrogen) atoms. The second kappa shape index (κ2) is 4.01. The van der Waals surface area contributed by atoms with Crippen LogP contribution in [0.3, 0.4) is 0 Å². The molecule has 4 heteroatoms. The minimum absolute atomic E-state index is 0.284. The number of fused-ring (bicyclic) bond motifs is 1. The fourth-order valence-electron chi connectivity index (χ4n) is 2.58. The van der Waals surface area contributed by atoms with E-state index >= 15 is 0 Å². The highest BCUT2D eigenvalue weighted by Gasteiger charge is 2.26. The minimum atomic E-state index is 0.284. The molecule has 1 aliphatic heterocycles. The van der Waals surface area contributed by atoms with Crippen molar-refractivity contribution < 1.29 is 4.74 Å². The van der Waals surface area contributed by atoms with E-state index in [2.05, 4.69) is 22.2 Å². The molecule has 1 fully saturated rings. The smallest absolute Gasteiger partial charge is 0.133 e. The molecular formula is C12H17N3O. The van der Waals surface area contributed by atoms with Crippen LogP contribution in [0.1, 0.15) is 31.0 Å². The Labute approximate surface area is 95.4 Å². The Kier molecular flexibility index (Phi) is 2.52. The van der Waals surface area contributed by atoms with E-state index in [4.69, 9.17) is 4.74 Å². The number of hydrogen-bond acceptors (Lipinski definition) is 4. The summed E-state index contributed by atoms with van der Waals surface area (Å²) >= 11 is 0. The van der Waals surface area contributed by atoms with E-state index < -0.39 is 0 Å². The van der Waals surface area contributed by atoms with Crippen LogP contribution in [-0.2, 0) is 17.6 Å². The number of nitrogens with zero attached hydrogens (tertiary/aromatic N) is 2. The van der Waals surface area contributed by atoms with Gasteiger partial charge >= 0.3 is 0 Å². The van der Waals surface area contributed by atoms with Crippen LogP contribution in [0, 0.1) is 0 Å². The summed E-state index contributed by atoms with van der Waals surface area (Å²) in [7, 11) is 0. The zero-order valence-corrected chi connectivity index (χ0v) is 9.57. The van der Waals surface area contributed by atoms with Crippen molar-refractivity contribution in [3.8, 4) is 0 Å². The van der Waals surface area contributed by atoms with Crippen molar-refractivity contribution in [3.05, 3.63) is 17.6 Å². The molecule has 2 heterocycles. The maximum Gasteiger partial charge on any atom is 0.133 e. The largest absolute Gasteiger partial charge is 0.376 e. The topological polar surface area (TPSA) is 47.0 Å². The zero-order chi connectivity index (χ0) is 11.0. The molecule has 2 atom stereocenters. The predicted molar refractivity (Wildman–Crippen MR) is 61.5 cm³/mol. The minimum Gasteiger partial charge on any atom is -0.376 e. The molecule has 2 unspecified atom stereocenters. The normalized spacial score (nSPS) is 28.1. The molecule has 1 aromatic rings. The zero-order valence-electron chi connectivity index (χ0n) is 9.57. The highest BCUT2D eigenvalue weighted by molar-refractivity contribution is 5.48. The quantitative estimate of drug-likeness (QED) is 0.820. The fourth-order valence-corrected chi connectivity index (χ4v) is 2.58. The van der Waals surface area contributed by atoms with Crippen molar-refractivity contribution in [2.24, 2.45) is 0 Å². The van der Waals surface area contributed by atoms with Crippen LogP contribution < -0.4 is 5.32 Å². The molecule has 0 amide bonds. The molecule has 0 bridgehead atoms. The Balaban J connectivity index is 1.82. The van der Waals surface area contributed by atoms with Gasteiger partial charge in [-0.1, -0.05) is 0 Å². The maximum absolute atomic E-state index is 5.55. The van der Waals surface area contributed by atoms with Crippen LogP contribution in [0.15, 0.2) is 6.33 Å². The lowest BCUT2D eigenvalue weighted by Crippen LogP contribution is -2.27. The van der Waals surface area contributed by atoms with Crippen LogP contribution in [0.4, 0.5) is 5.82 Å². The summed E-state index contributed by atoms with van der Waals surface area (Å²) in [6.07, 6.45) is 6.45. The Bertz CT molecular complexity index is 394. The first kappa shape index (κ1) is 10.0. The lowest BCUT2D eigenvalue weighted by atomic mass is 10.1. The van der Waals surface area contributed by atoms with Gasteiger partial charge in [-0.05, 0) is 32.6 Å². The molecule has 86 valence electrons. The average Bonchev–Trinajstić information content (AvgIpc) is 2.89. The Morgan fingerprint density at radius 2 is 2.31 bits per heavy atom. The molecule has 1 saturated heterocycles. The van der Waals surface area contributed by atoms with Crippen LogP contribution >= 0.6 is 0 Å². The molecule has 1 N–H and O–H groups in total. The van der Waals surface area contributed by atoms with Gasteiger partial charge < -0.3 is 10.1 Å². The van der Waals surface area contributed by atoms with Gasteiger partial charge in [-0.3, -0.25) is 0 Å². The van der Waals surface area contributed by atoms with Crippen molar-refractivity contribution in [1.29, 1.82) is 0 Å². The van der Waals surface area contributed by atoms with Gasteiger partial charge in [-0.25, -0.2) is 9.97 Å². The highest BCUT2D eigenvalue weighted by Crippen LogP contribution is 2.27. The summed E-state index contributed by atoms with van der Waals surface area (Å²) in [6.45, 7) is 2.97. The third-order valence-corrected chi connectivity index (χ3v) is 3.57. The summed E-state index contributed by atoms with van der Waals surface area (Å²) in [5, 5.41) is 3.51. The van der Waals surface area contributed by atoms with Gasteiger partial charge in [0, 0.05) is 17.9 Å². The van der Waals surface area contributed by atoms with Gasteiger partial charge in [0.25, 0.3) is 0 Å². The molecular weight excluding hydrogens is 202 g/mol. The first-order valence-electron chi connectivity index (χ1n) is 6.05. The summed E-state index contributed by atoms with van der Waals surface area (Å²) in [5.74, 6) is 1.03. The lowest BCUT2D eigenvalue weighted by molar-refractivity contribution is 0.121. The van der Waals surface area contributed by atoms with Crippen molar-refractivity contribution in [1.82, 2.24) is 9.97 Å². The molecule has 0 radical (unpaired) electrons. The van der Waals surface area contributed by atoms with E-state index in [1.165, 1.54) is 17.7 Å². The van der Waals surface area contributed by atoms with Gasteiger partial charge in [-0.2, -0.15) is 0 Å². The molecule has 0 aromatic carbocycles. The maximum atomic E-state index is 5.55. The third kappa shape index (κ3) is 1.67. The van der Waals surface area contributed by atoms with Crippen molar-refractivity contribution in [2.45, 2.75) is 44.8 Å². The van der Waals surface area contributed by atoms with E-state index in [1.807, 2.05) is 0 Å². The van der Waals surface area contributed by atoms with Crippen LogP contribution in [-0.4, -0.2) is 28.7 Å². The third-order valence-electron chi connectivity index (χ3n) is 3.57. The van der Waals surface area contributed by atoms with E-state index in [-0.39, 0.29) is 6.10 Å². The number of aryl methyl sites for hydroxylation is 1. The molecule has 0 spiro atoms. The van der Waals surface area contributed by atoms with Crippen LogP contribution in [0.2, 0.25) is 0 Å². The summed E-state index contributed by atoms with van der Waals surface area (Å²) in [4.78, 5) is 8.70. The molecule has 4 nitrogen and oxygen atoms in total. The van der Waals surface area contributed by atoms with Gasteiger partial charge in [0.05, 0.1) is 12.1 Å². The van der Waals surface area contributed by atoms with Crippen molar-refractivity contribution in [2.75, 3.05) is 11.9 Å². The number of hydrogen-bond donors (Lipinski definition) is 1. The summed E-state index contributed by atoms with van der Waals surface area (Å²) in [5.41, 5.74) is 2.55. The highest BCUT2D eigenvalue weighted by atomic mass is 16.5. The van der Waals surface area contributed by atoms with Crippen molar-refractivity contribution >= 4 is 5.82 Å². The van der Waals surface area contributed by atoms with E-state index in [1.54, 1.807) is 6.33 Å². The second-order valence-corrected chi connectivity index (χ2v) is 4.62. The second-order valence-electron chi connectivity index (χ2n) is 4.62. The van der Waals surface area contributed by atoms with Gasteiger partial charge in [0.15, 0.2) is 0 Å². The Morgan fingerprint density at radius 1 is 1.38 bits per heavy atom. The molecule has 1 aromatic heterocycles. The van der Waals surface area contributed by atoms with Crippen molar-refractivity contribution in [3.63, 3.8) is 0 Å². The number of rotatable bonds is 2. The van der Waals surface area contributed by atoms with Gasteiger partial charge in [0.1, 0.15) is 12.1 Å². The number of anilines is 1. The van der Waals surface area contributed by atoms with Crippen LogP contribution in [0.5, 0.6) is 0 Å². The number of nitrogens with one attached hydrogen (secondary N) is 1. The lowest BCUT2D eigenvalue weighted by Gasteiger charge is -2.18. The first-order valence-corrected chi connectivity index (χ1v) is 6.05. The van der Waals surface area contributed by atoms with E-state index in [0.29, 0.717) is 6.04 Å². The monoisotopic (exact) mass is 219 g/mol. The number of aromatic nitrogens is 2. The molecule has 3 rings (SSSR count). The molecule has 1 aliphatic carbocycles. The van der Waals surface area contributed by atoms with Gasteiger partial charge in [0.2, 0.25) is 0 Å².